The first-order valence-electron chi connectivity index (χ1n) is 10.7. The summed E-state index contributed by atoms with van der Waals surface area (Å²) in [4.78, 5) is 2.68. The van der Waals surface area contributed by atoms with Gasteiger partial charge in [0, 0.05) is 19.1 Å². The lowest BCUT2D eigenvalue weighted by molar-refractivity contribution is 0.181. The number of aryl methyl sites for hydroxylation is 1. The van der Waals surface area contributed by atoms with Gasteiger partial charge in [-0.3, -0.25) is 4.90 Å². The first-order chi connectivity index (χ1) is 15.0. The summed E-state index contributed by atoms with van der Waals surface area (Å²) in [5.74, 6) is 0. The van der Waals surface area contributed by atoms with E-state index in [0.29, 0.717) is 4.90 Å². The van der Waals surface area contributed by atoms with E-state index in [9.17, 15) is 8.42 Å². The molecule has 5 rings (SSSR count). The van der Waals surface area contributed by atoms with Gasteiger partial charge in [-0.1, -0.05) is 78.4 Å². The zero-order chi connectivity index (χ0) is 21.4. The monoisotopic (exact) mass is 430 g/mol. The molecule has 3 aromatic rings. The molecule has 4 nitrogen and oxygen atoms in total. The lowest BCUT2D eigenvalue weighted by Gasteiger charge is -2.40. The van der Waals surface area contributed by atoms with Gasteiger partial charge in [0.05, 0.1) is 10.9 Å². The fourth-order valence-electron chi connectivity index (χ4n) is 4.63. The fraction of sp³-hybridized carbons (Fsp3) is 0.231. The van der Waals surface area contributed by atoms with E-state index in [2.05, 4.69) is 46.0 Å². The Balaban J connectivity index is 1.50. The van der Waals surface area contributed by atoms with Crippen molar-refractivity contribution in [3.63, 3.8) is 0 Å². The number of rotatable bonds is 4. The van der Waals surface area contributed by atoms with Crippen LogP contribution in [-0.4, -0.2) is 25.9 Å². The number of fused-ring (bicyclic) bond motifs is 2. The molecule has 0 fully saturated rings. The van der Waals surface area contributed by atoms with E-state index >= 15 is 0 Å². The first kappa shape index (κ1) is 20.2. The zero-order valence-corrected chi connectivity index (χ0v) is 18.3. The van der Waals surface area contributed by atoms with Crippen LogP contribution in [0.2, 0.25) is 0 Å². The second-order valence-corrected chi connectivity index (χ2v) is 10.1. The molecule has 2 atom stereocenters. The molecular weight excluding hydrogens is 404 g/mol. The van der Waals surface area contributed by atoms with Gasteiger partial charge in [0.15, 0.2) is 0 Å². The standard InChI is InChI=1S/C26H26N2O2S/c1-19-10-13-23(14-11-19)31(29,30)27-26-24-9-5-4-7-21(24)12-15-25(26)28-17-16-20-6-2-3-8-22(20)18-28/h2-15,25-27H,16-18H2,1H3/t25-,26+/m0/s1. The lowest BCUT2D eigenvalue weighted by atomic mass is 9.87. The van der Waals surface area contributed by atoms with Crippen molar-refractivity contribution in [3.05, 3.63) is 107 Å². The molecule has 0 amide bonds. The van der Waals surface area contributed by atoms with Crippen LogP contribution in [0.15, 0.2) is 83.8 Å². The molecule has 1 heterocycles. The summed E-state index contributed by atoms with van der Waals surface area (Å²) in [7, 11) is -3.66. The Hall–Kier alpha value is -2.73. The maximum absolute atomic E-state index is 13.3. The van der Waals surface area contributed by atoms with Crippen LogP contribution < -0.4 is 4.72 Å². The minimum Gasteiger partial charge on any atom is -0.290 e. The van der Waals surface area contributed by atoms with Gasteiger partial charge in [0.2, 0.25) is 10.0 Å². The largest absolute Gasteiger partial charge is 0.290 e. The van der Waals surface area contributed by atoms with E-state index < -0.39 is 10.0 Å². The Morgan fingerprint density at radius 2 is 1.61 bits per heavy atom. The van der Waals surface area contributed by atoms with Crippen LogP contribution in [0.4, 0.5) is 0 Å². The van der Waals surface area contributed by atoms with E-state index in [1.54, 1.807) is 12.1 Å². The van der Waals surface area contributed by atoms with Crippen molar-refractivity contribution in [1.29, 1.82) is 0 Å². The summed E-state index contributed by atoms with van der Waals surface area (Å²) in [6.07, 6.45) is 5.25. The van der Waals surface area contributed by atoms with Gasteiger partial charge in [-0.25, -0.2) is 13.1 Å². The number of benzene rings is 3. The van der Waals surface area contributed by atoms with Crippen LogP contribution in [0, 0.1) is 6.92 Å². The molecule has 31 heavy (non-hydrogen) atoms. The van der Waals surface area contributed by atoms with Gasteiger partial charge in [0.25, 0.3) is 0 Å². The van der Waals surface area contributed by atoms with Gasteiger partial charge < -0.3 is 0 Å². The van der Waals surface area contributed by atoms with Crippen LogP contribution in [-0.2, 0) is 23.0 Å². The minimum absolute atomic E-state index is 0.0523. The lowest BCUT2D eigenvalue weighted by Crippen LogP contribution is -2.48. The third-order valence-electron chi connectivity index (χ3n) is 6.34. The van der Waals surface area contributed by atoms with Gasteiger partial charge >= 0.3 is 0 Å². The van der Waals surface area contributed by atoms with Crippen LogP contribution in [0.25, 0.3) is 6.08 Å². The topological polar surface area (TPSA) is 49.4 Å². The predicted octanol–water partition coefficient (Wildman–Crippen LogP) is 4.47. The molecule has 0 saturated carbocycles. The van der Waals surface area contributed by atoms with E-state index in [1.165, 1.54) is 11.1 Å². The Bertz CT molecular complexity index is 1230. The van der Waals surface area contributed by atoms with E-state index in [4.69, 9.17) is 0 Å². The Kier molecular flexibility index (Phi) is 5.26. The molecule has 0 aromatic heterocycles. The van der Waals surface area contributed by atoms with E-state index in [1.807, 2.05) is 43.3 Å². The summed E-state index contributed by atoms with van der Waals surface area (Å²) in [5.41, 5.74) is 5.82. The van der Waals surface area contributed by atoms with Crippen LogP contribution in [0.3, 0.4) is 0 Å². The first-order valence-corrected chi connectivity index (χ1v) is 12.2. The van der Waals surface area contributed by atoms with Crippen LogP contribution in [0.1, 0.15) is 33.9 Å². The zero-order valence-electron chi connectivity index (χ0n) is 17.5. The molecule has 1 aliphatic heterocycles. The molecule has 0 bridgehead atoms. The summed E-state index contributed by atoms with van der Waals surface area (Å²) in [6.45, 7) is 3.67. The van der Waals surface area contributed by atoms with Crippen molar-refractivity contribution < 1.29 is 8.42 Å². The number of hydrogen-bond acceptors (Lipinski definition) is 3. The van der Waals surface area contributed by atoms with Gasteiger partial charge in [0.1, 0.15) is 0 Å². The average Bonchev–Trinajstić information content (AvgIpc) is 2.79. The highest BCUT2D eigenvalue weighted by Crippen LogP contribution is 2.34. The van der Waals surface area contributed by atoms with Gasteiger partial charge in [-0.2, -0.15) is 0 Å². The SMILES string of the molecule is Cc1ccc(S(=O)(=O)N[C@@H]2c3ccccc3C=C[C@@H]2N2CCc3ccccc3C2)cc1. The van der Waals surface area contributed by atoms with Crippen molar-refractivity contribution in [1.82, 2.24) is 9.62 Å². The number of hydrogen-bond donors (Lipinski definition) is 1. The molecule has 2 aliphatic rings. The normalized spacial score (nSPS) is 20.8. The van der Waals surface area contributed by atoms with Crippen molar-refractivity contribution in [2.24, 2.45) is 0 Å². The van der Waals surface area contributed by atoms with E-state index in [-0.39, 0.29) is 12.1 Å². The highest BCUT2D eigenvalue weighted by atomic mass is 32.2. The quantitative estimate of drug-likeness (QED) is 0.665. The molecule has 0 spiro atoms. The highest BCUT2D eigenvalue weighted by Gasteiger charge is 2.35. The van der Waals surface area contributed by atoms with Crippen molar-refractivity contribution in [2.75, 3.05) is 6.54 Å². The molecule has 0 unspecified atom stereocenters. The second kappa shape index (κ2) is 8.08. The summed E-state index contributed by atoms with van der Waals surface area (Å²) >= 11 is 0. The number of sulfonamides is 1. The molecule has 0 radical (unpaired) electrons. The maximum atomic E-state index is 13.3. The van der Waals surface area contributed by atoms with Crippen LogP contribution >= 0.6 is 0 Å². The third kappa shape index (κ3) is 3.97. The maximum Gasteiger partial charge on any atom is 0.241 e. The van der Waals surface area contributed by atoms with Crippen molar-refractivity contribution in [2.45, 2.75) is 36.9 Å². The average molecular weight is 431 g/mol. The highest BCUT2D eigenvalue weighted by molar-refractivity contribution is 7.89. The number of nitrogens with one attached hydrogen (secondary N) is 1. The Morgan fingerprint density at radius 1 is 0.903 bits per heavy atom. The third-order valence-corrected chi connectivity index (χ3v) is 7.80. The molecule has 0 saturated heterocycles. The number of nitrogens with zero attached hydrogens (tertiary/aromatic N) is 1. The smallest absolute Gasteiger partial charge is 0.241 e. The van der Waals surface area contributed by atoms with Gasteiger partial charge in [-0.15, -0.1) is 0 Å². The van der Waals surface area contributed by atoms with Crippen molar-refractivity contribution >= 4 is 16.1 Å². The second-order valence-electron chi connectivity index (χ2n) is 8.38. The summed E-state index contributed by atoms with van der Waals surface area (Å²) in [6, 6.07) is 23.2. The molecular formula is C26H26N2O2S. The Morgan fingerprint density at radius 3 is 2.42 bits per heavy atom. The molecule has 5 heteroatoms. The minimum atomic E-state index is -3.66. The van der Waals surface area contributed by atoms with Crippen LogP contribution in [0.5, 0.6) is 0 Å². The molecule has 1 aliphatic carbocycles. The Labute approximate surface area is 184 Å². The van der Waals surface area contributed by atoms with E-state index in [0.717, 1.165) is 36.2 Å². The summed E-state index contributed by atoms with van der Waals surface area (Å²) < 4.78 is 29.6. The molecule has 3 aromatic carbocycles. The molecule has 158 valence electrons. The fourth-order valence-corrected chi connectivity index (χ4v) is 5.86. The predicted molar refractivity (Wildman–Crippen MR) is 124 cm³/mol. The molecule has 1 N–H and O–H groups in total. The summed E-state index contributed by atoms with van der Waals surface area (Å²) in [5, 5.41) is 0. The van der Waals surface area contributed by atoms with Gasteiger partial charge in [-0.05, 0) is 47.7 Å². The van der Waals surface area contributed by atoms with Crippen molar-refractivity contribution in [3.8, 4) is 0 Å².